The fourth-order valence-electron chi connectivity index (χ4n) is 1.71. The standard InChI is InChI=1S/C16H11Cl3N2O2/c1-9(23-15-7-13(18)12(17)6-14(15)19)16(22)21-11-4-2-10(8-20)3-5-11/h2-7,9H,1H3,(H,21,22)/t9-/m0/s1. The predicted molar refractivity (Wildman–Crippen MR) is 91.3 cm³/mol. The van der Waals surface area contributed by atoms with Crippen LogP contribution < -0.4 is 10.1 Å². The number of hydrogen-bond donors (Lipinski definition) is 1. The molecule has 0 saturated carbocycles. The molecular formula is C16H11Cl3N2O2. The first-order chi connectivity index (χ1) is 10.9. The van der Waals surface area contributed by atoms with E-state index in [4.69, 9.17) is 44.8 Å². The molecular weight excluding hydrogens is 359 g/mol. The zero-order valence-corrected chi connectivity index (χ0v) is 14.2. The van der Waals surface area contributed by atoms with Gasteiger partial charge in [-0.05, 0) is 37.3 Å². The van der Waals surface area contributed by atoms with Gasteiger partial charge in [0.05, 0.1) is 26.7 Å². The maximum atomic E-state index is 12.1. The molecule has 0 aliphatic heterocycles. The summed E-state index contributed by atoms with van der Waals surface area (Å²) in [7, 11) is 0. The van der Waals surface area contributed by atoms with Gasteiger partial charge in [0, 0.05) is 11.8 Å². The van der Waals surface area contributed by atoms with Gasteiger partial charge in [0.1, 0.15) is 5.75 Å². The number of rotatable bonds is 4. The molecule has 1 N–H and O–H groups in total. The number of nitriles is 1. The van der Waals surface area contributed by atoms with Gasteiger partial charge in [-0.1, -0.05) is 34.8 Å². The lowest BCUT2D eigenvalue weighted by atomic mass is 10.2. The Balaban J connectivity index is 2.05. The summed E-state index contributed by atoms with van der Waals surface area (Å²) in [5.74, 6) is -0.0969. The van der Waals surface area contributed by atoms with Crippen molar-refractivity contribution in [3.05, 3.63) is 57.0 Å². The average molecular weight is 370 g/mol. The fourth-order valence-corrected chi connectivity index (χ4v) is 2.29. The molecule has 0 heterocycles. The van der Waals surface area contributed by atoms with Crippen molar-refractivity contribution in [2.45, 2.75) is 13.0 Å². The number of nitrogens with one attached hydrogen (secondary N) is 1. The Kier molecular flexibility index (Phi) is 5.73. The monoisotopic (exact) mass is 368 g/mol. The third kappa shape index (κ3) is 4.52. The highest BCUT2D eigenvalue weighted by molar-refractivity contribution is 6.43. The minimum Gasteiger partial charge on any atom is -0.479 e. The lowest BCUT2D eigenvalue weighted by Crippen LogP contribution is -2.30. The van der Waals surface area contributed by atoms with E-state index in [0.29, 0.717) is 16.3 Å². The van der Waals surface area contributed by atoms with Crippen LogP contribution in [0.1, 0.15) is 12.5 Å². The van der Waals surface area contributed by atoms with Crippen molar-refractivity contribution in [1.82, 2.24) is 0 Å². The van der Waals surface area contributed by atoms with E-state index in [0.717, 1.165) is 0 Å². The summed E-state index contributed by atoms with van der Waals surface area (Å²) < 4.78 is 5.52. The van der Waals surface area contributed by atoms with Crippen molar-refractivity contribution in [2.75, 3.05) is 5.32 Å². The van der Waals surface area contributed by atoms with Gasteiger partial charge in [-0.15, -0.1) is 0 Å². The molecule has 0 radical (unpaired) electrons. The Bertz CT molecular complexity index is 770. The molecule has 0 bridgehead atoms. The maximum absolute atomic E-state index is 12.1. The number of anilines is 1. The largest absolute Gasteiger partial charge is 0.479 e. The van der Waals surface area contributed by atoms with Crippen molar-refractivity contribution < 1.29 is 9.53 Å². The molecule has 2 aromatic carbocycles. The van der Waals surface area contributed by atoms with Crippen LogP contribution in [-0.2, 0) is 4.79 Å². The lowest BCUT2D eigenvalue weighted by Gasteiger charge is -2.16. The molecule has 2 aromatic rings. The SMILES string of the molecule is C[C@H](Oc1cc(Cl)c(Cl)cc1Cl)C(=O)Nc1ccc(C#N)cc1. The molecule has 0 aliphatic rings. The zero-order valence-electron chi connectivity index (χ0n) is 11.9. The maximum Gasteiger partial charge on any atom is 0.265 e. The molecule has 23 heavy (non-hydrogen) atoms. The van der Waals surface area contributed by atoms with Crippen molar-refractivity contribution in [1.29, 1.82) is 5.26 Å². The number of halogens is 3. The second-order valence-electron chi connectivity index (χ2n) is 4.64. The molecule has 0 spiro atoms. The van der Waals surface area contributed by atoms with E-state index in [1.807, 2.05) is 6.07 Å². The molecule has 0 unspecified atom stereocenters. The Hall–Kier alpha value is -1.93. The predicted octanol–water partition coefficient (Wildman–Crippen LogP) is 4.92. The molecule has 1 amide bonds. The Morgan fingerprint density at radius 2 is 1.74 bits per heavy atom. The van der Waals surface area contributed by atoms with E-state index >= 15 is 0 Å². The second kappa shape index (κ2) is 7.56. The van der Waals surface area contributed by atoms with Crippen LogP contribution in [0.15, 0.2) is 36.4 Å². The highest BCUT2D eigenvalue weighted by Crippen LogP contribution is 2.34. The van der Waals surface area contributed by atoms with Crippen LogP contribution in [0.2, 0.25) is 15.1 Å². The van der Waals surface area contributed by atoms with Gasteiger partial charge in [0.15, 0.2) is 6.10 Å². The molecule has 7 heteroatoms. The van der Waals surface area contributed by atoms with Crippen LogP contribution >= 0.6 is 34.8 Å². The van der Waals surface area contributed by atoms with E-state index in [1.165, 1.54) is 12.1 Å². The summed E-state index contributed by atoms with van der Waals surface area (Å²) in [6.07, 6.45) is -0.805. The van der Waals surface area contributed by atoms with E-state index in [1.54, 1.807) is 31.2 Å². The van der Waals surface area contributed by atoms with Gasteiger partial charge < -0.3 is 10.1 Å². The van der Waals surface area contributed by atoms with Gasteiger partial charge in [-0.25, -0.2) is 0 Å². The lowest BCUT2D eigenvalue weighted by molar-refractivity contribution is -0.122. The number of benzene rings is 2. The number of carbonyl (C=O) groups excluding carboxylic acids is 1. The van der Waals surface area contributed by atoms with Crippen LogP contribution in [0.25, 0.3) is 0 Å². The van der Waals surface area contributed by atoms with E-state index in [9.17, 15) is 4.79 Å². The number of carbonyl (C=O) groups is 1. The third-order valence-electron chi connectivity index (χ3n) is 2.93. The summed E-state index contributed by atoms with van der Waals surface area (Å²) in [6.45, 7) is 1.58. The zero-order chi connectivity index (χ0) is 17.0. The van der Waals surface area contributed by atoms with Gasteiger partial charge in [0.25, 0.3) is 5.91 Å². The normalized spacial score (nSPS) is 11.4. The summed E-state index contributed by atoms with van der Waals surface area (Å²) in [4.78, 5) is 12.1. The molecule has 0 saturated heterocycles. The van der Waals surface area contributed by atoms with E-state index in [2.05, 4.69) is 5.32 Å². The first-order valence-corrected chi connectivity index (χ1v) is 7.66. The van der Waals surface area contributed by atoms with Crippen molar-refractivity contribution in [3.63, 3.8) is 0 Å². The molecule has 1 atom stereocenters. The molecule has 0 aliphatic carbocycles. The van der Waals surface area contributed by atoms with Crippen molar-refractivity contribution in [2.24, 2.45) is 0 Å². The van der Waals surface area contributed by atoms with Crippen molar-refractivity contribution in [3.8, 4) is 11.8 Å². The molecule has 2 rings (SSSR count). The van der Waals surface area contributed by atoms with Crippen LogP contribution in [0.4, 0.5) is 5.69 Å². The quantitative estimate of drug-likeness (QED) is 0.778. The molecule has 0 fully saturated rings. The number of hydrogen-bond acceptors (Lipinski definition) is 3. The molecule has 0 aromatic heterocycles. The Morgan fingerprint density at radius 1 is 1.13 bits per heavy atom. The first kappa shape index (κ1) is 17.4. The minimum absolute atomic E-state index is 0.262. The highest BCUT2D eigenvalue weighted by atomic mass is 35.5. The summed E-state index contributed by atoms with van der Waals surface area (Å²) >= 11 is 17.8. The molecule has 118 valence electrons. The number of nitrogens with zero attached hydrogens (tertiary/aromatic N) is 1. The van der Waals surface area contributed by atoms with Gasteiger partial charge in [-0.2, -0.15) is 5.26 Å². The summed E-state index contributed by atoms with van der Waals surface area (Å²) in [5, 5.41) is 12.3. The van der Waals surface area contributed by atoms with E-state index < -0.39 is 6.10 Å². The summed E-state index contributed by atoms with van der Waals surface area (Å²) in [6, 6.07) is 11.4. The van der Waals surface area contributed by atoms with Crippen LogP contribution in [0, 0.1) is 11.3 Å². The van der Waals surface area contributed by atoms with Crippen LogP contribution in [0.3, 0.4) is 0 Å². The van der Waals surface area contributed by atoms with Crippen LogP contribution in [-0.4, -0.2) is 12.0 Å². The number of amides is 1. The molecule has 4 nitrogen and oxygen atoms in total. The second-order valence-corrected chi connectivity index (χ2v) is 5.86. The smallest absolute Gasteiger partial charge is 0.265 e. The first-order valence-electron chi connectivity index (χ1n) is 6.53. The van der Waals surface area contributed by atoms with Gasteiger partial charge in [-0.3, -0.25) is 4.79 Å². The van der Waals surface area contributed by atoms with Crippen LogP contribution in [0.5, 0.6) is 5.75 Å². The minimum atomic E-state index is -0.805. The summed E-state index contributed by atoms with van der Waals surface area (Å²) in [5.41, 5.74) is 1.07. The van der Waals surface area contributed by atoms with E-state index in [-0.39, 0.29) is 21.7 Å². The van der Waals surface area contributed by atoms with Gasteiger partial charge >= 0.3 is 0 Å². The Morgan fingerprint density at radius 3 is 2.35 bits per heavy atom. The topological polar surface area (TPSA) is 62.1 Å². The fraction of sp³-hybridized carbons (Fsp3) is 0.125. The van der Waals surface area contributed by atoms with Gasteiger partial charge in [0.2, 0.25) is 0 Å². The average Bonchev–Trinajstić information content (AvgIpc) is 2.53. The Labute approximate surface area is 148 Å². The highest BCUT2D eigenvalue weighted by Gasteiger charge is 2.17. The third-order valence-corrected chi connectivity index (χ3v) is 3.95. The van der Waals surface area contributed by atoms with Crippen molar-refractivity contribution >= 4 is 46.4 Å². The number of ether oxygens (including phenoxy) is 1.